The molecular formula is C28H39N. The summed E-state index contributed by atoms with van der Waals surface area (Å²) in [4.78, 5) is 3.37. The van der Waals surface area contributed by atoms with Gasteiger partial charge in [0.05, 0.1) is 0 Å². The molecule has 1 aromatic carbocycles. The highest BCUT2D eigenvalue weighted by Crippen LogP contribution is 2.21. The van der Waals surface area contributed by atoms with E-state index in [1.165, 1.54) is 64.4 Å². The summed E-state index contributed by atoms with van der Waals surface area (Å²) in [5.74, 6) is 0. The van der Waals surface area contributed by atoms with E-state index in [2.05, 4.69) is 94.4 Å². The number of unbranched alkanes of at least 4 members (excludes halogenated alkanes) is 1. The van der Waals surface area contributed by atoms with Gasteiger partial charge in [0.15, 0.2) is 0 Å². The average Bonchev–Trinajstić information content (AvgIpc) is 3.08. The molecule has 0 spiro atoms. The van der Waals surface area contributed by atoms with Crippen molar-refractivity contribution in [1.29, 1.82) is 0 Å². The van der Waals surface area contributed by atoms with E-state index in [1.54, 1.807) is 0 Å². The van der Waals surface area contributed by atoms with E-state index >= 15 is 0 Å². The summed E-state index contributed by atoms with van der Waals surface area (Å²) in [5, 5.41) is 1.35. The van der Waals surface area contributed by atoms with E-state index in [0.29, 0.717) is 0 Å². The van der Waals surface area contributed by atoms with Crippen LogP contribution in [0.2, 0.25) is 0 Å². The minimum Gasteiger partial charge on any atom is -0.361 e. The van der Waals surface area contributed by atoms with E-state index < -0.39 is 0 Å². The first-order chi connectivity index (χ1) is 14.0. The Bertz CT molecular complexity index is 882. The fraction of sp³-hybridized carbons (Fsp3) is 0.429. The van der Waals surface area contributed by atoms with Gasteiger partial charge in [-0.2, -0.15) is 0 Å². The van der Waals surface area contributed by atoms with Gasteiger partial charge in [0.2, 0.25) is 0 Å². The Labute approximate surface area is 178 Å². The molecule has 0 atom stereocenters. The van der Waals surface area contributed by atoms with Crippen LogP contribution in [0.5, 0.6) is 0 Å². The van der Waals surface area contributed by atoms with Crippen molar-refractivity contribution >= 4 is 10.9 Å². The topological polar surface area (TPSA) is 15.8 Å². The molecule has 0 aliphatic rings. The Balaban J connectivity index is 1.70. The number of hydrogen-bond donors (Lipinski definition) is 1. The number of hydrogen-bond acceptors (Lipinski definition) is 0. The second kappa shape index (κ2) is 12.3. The molecule has 156 valence electrons. The van der Waals surface area contributed by atoms with Crippen molar-refractivity contribution in [3.8, 4) is 0 Å². The molecule has 1 nitrogen and oxygen atoms in total. The van der Waals surface area contributed by atoms with Crippen molar-refractivity contribution in [1.82, 2.24) is 4.98 Å². The van der Waals surface area contributed by atoms with E-state index in [1.807, 2.05) is 0 Å². The third-order valence-corrected chi connectivity index (χ3v) is 5.42. The third-order valence-electron chi connectivity index (χ3n) is 5.42. The number of allylic oxidation sites excluding steroid dienone is 8. The minimum atomic E-state index is 1.03. The summed E-state index contributed by atoms with van der Waals surface area (Å²) in [6.45, 7) is 11.1. The molecule has 0 saturated heterocycles. The summed E-state index contributed by atoms with van der Waals surface area (Å²) in [6, 6.07) is 8.55. The predicted molar refractivity (Wildman–Crippen MR) is 130 cm³/mol. The van der Waals surface area contributed by atoms with Gasteiger partial charge in [0, 0.05) is 17.1 Å². The molecule has 0 amide bonds. The van der Waals surface area contributed by atoms with Crippen molar-refractivity contribution < 1.29 is 0 Å². The van der Waals surface area contributed by atoms with Crippen LogP contribution >= 0.6 is 0 Å². The molecule has 2 aromatic rings. The van der Waals surface area contributed by atoms with Crippen LogP contribution in [0.15, 0.2) is 77.1 Å². The predicted octanol–water partition coefficient (Wildman–Crippen LogP) is 8.86. The van der Waals surface area contributed by atoms with Gasteiger partial charge in [-0.1, -0.05) is 64.8 Å². The molecule has 0 aliphatic heterocycles. The lowest BCUT2D eigenvalue weighted by molar-refractivity contribution is 0.906. The Morgan fingerprint density at radius 2 is 1.31 bits per heavy atom. The van der Waals surface area contributed by atoms with Crippen LogP contribution < -0.4 is 0 Å². The molecule has 1 aromatic heterocycles. The van der Waals surface area contributed by atoms with Gasteiger partial charge in [0.25, 0.3) is 0 Å². The lowest BCUT2D eigenvalue weighted by Gasteiger charge is -2.02. The number of nitrogens with one attached hydrogen (secondary N) is 1. The Kier molecular flexibility index (Phi) is 9.77. The first kappa shape index (κ1) is 23.0. The highest BCUT2D eigenvalue weighted by atomic mass is 14.7. The van der Waals surface area contributed by atoms with Crippen molar-refractivity contribution in [3.63, 3.8) is 0 Å². The highest BCUT2D eigenvalue weighted by Gasteiger charge is 2.03. The van der Waals surface area contributed by atoms with Gasteiger partial charge in [-0.3, -0.25) is 0 Å². The monoisotopic (exact) mass is 389 g/mol. The number of H-pyrrole nitrogens is 1. The summed E-state index contributed by atoms with van der Waals surface area (Å²) in [6.07, 6.45) is 19.7. The smallest absolute Gasteiger partial charge is 0.0456 e. The number of rotatable bonds is 11. The molecule has 1 heteroatoms. The van der Waals surface area contributed by atoms with E-state index in [9.17, 15) is 0 Å². The molecule has 2 rings (SSSR count). The average molecular weight is 390 g/mol. The normalized spacial score (nSPS) is 13.2. The largest absolute Gasteiger partial charge is 0.361 e. The number of aromatic nitrogens is 1. The van der Waals surface area contributed by atoms with Gasteiger partial charge >= 0.3 is 0 Å². The first-order valence-electron chi connectivity index (χ1n) is 11.1. The van der Waals surface area contributed by atoms with Crippen LogP contribution in [0, 0.1) is 0 Å². The first-order valence-corrected chi connectivity index (χ1v) is 11.1. The quantitative estimate of drug-likeness (QED) is 0.292. The van der Waals surface area contributed by atoms with Crippen LogP contribution in [0.3, 0.4) is 0 Å². The summed E-state index contributed by atoms with van der Waals surface area (Å²) in [7, 11) is 0. The zero-order valence-electron chi connectivity index (χ0n) is 19.1. The van der Waals surface area contributed by atoms with Crippen LogP contribution in [0.1, 0.15) is 78.7 Å². The molecule has 29 heavy (non-hydrogen) atoms. The minimum absolute atomic E-state index is 1.03. The Morgan fingerprint density at radius 1 is 0.724 bits per heavy atom. The van der Waals surface area contributed by atoms with Crippen LogP contribution in [-0.2, 0) is 6.42 Å². The van der Waals surface area contributed by atoms with Gasteiger partial charge in [-0.25, -0.2) is 0 Å². The zero-order valence-corrected chi connectivity index (χ0v) is 19.1. The van der Waals surface area contributed by atoms with Gasteiger partial charge in [0.1, 0.15) is 0 Å². The standard InChI is InChI=1S/C28H39N/c1-22(2)12-10-15-24(4)17-11-16-23(3)13-6-7-14-25(5)20-26-21-29-28-19-9-8-18-27(26)28/h8-9,12-14,17-19,21,29H,6-7,10-11,15-16,20H2,1-5H3/b23-13+,24-17?,25-14?. The molecule has 0 unspecified atom stereocenters. The van der Waals surface area contributed by atoms with E-state index in [-0.39, 0.29) is 0 Å². The number of aromatic amines is 1. The fourth-order valence-corrected chi connectivity index (χ4v) is 3.65. The van der Waals surface area contributed by atoms with Gasteiger partial charge < -0.3 is 4.98 Å². The molecule has 0 radical (unpaired) electrons. The van der Waals surface area contributed by atoms with Crippen LogP contribution in [-0.4, -0.2) is 4.98 Å². The Hall–Kier alpha value is -2.28. The molecular weight excluding hydrogens is 350 g/mol. The van der Waals surface area contributed by atoms with E-state index in [4.69, 9.17) is 0 Å². The number of para-hydroxylation sites is 1. The lowest BCUT2D eigenvalue weighted by atomic mass is 10.0. The molecule has 0 saturated carbocycles. The highest BCUT2D eigenvalue weighted by molar-refractivity contribution is 5.83. The molecule has 0 bridgehead atoms. The zero-order chi connectivity index (χ0) is 21.1. The van der Waals surface area contributed by atoms with Gasteiger partial charge in [-0.15, -0.1) is 0 Å². The summed E-state index contributed by atoms with van der Waals surface area (Å²) < 4.78 is 0. The molecule has 1 N–H and O–H groups in total. The van der Waals surface area contributed by atoms with E-state index in [0.717, 1.165) is 19.3 Å². The summed E-state index contributed by atoms with van der Waals surface area (Å²) >= 11 is 0. The SMILES string of the molecule is CC(C)=CCCC(C)=CCC/C(C)=C/CCC=C(C)Cc1c[nH]c2ccccc12. The van der Waals surface area contributed by atoms with Crippen molar-refractivity contribution in [2.45, 2.75) is 79.6 Å². The number of benzene rings is 1. The van der Waals surface area contributed by atoms with Gasteiger partial charge in [-0.05, 0) is 91.2 Å². The second-order valence-electron chi connectivity index (χ2n) is 8.62. The fourth-order valence-electron chi connectivity index (χ4n) is 3.65. The second-order valence-corrected chi connectivity index (χ2v) is 8.62. The van der Waals surface area contributed by atoms with Crippen LogP contribution in [0.4, 0.5) is 0 Å². The van der Waals surface area contributed by atoms with Crippen molar-refractivity contribution in [2.24, 2.45) is 0 Å². The molecule has 0 aliphatic carbocycles. The maximum Gasteiger partial charge on any atom is 0.0456 e. The molecule has 0 fully saturated rings. The maximum absolute atomic E-state index is 3.37. The lowest BCUT2D eigenvalue weighted by Crippen LogP contribution is -1.85. The number of fused-ring (bicyclic) bond motifs is 1. The van der Waals surface area contributed by atoms with Crippen molar-refractivity contribution in [2.75, 3.05) is 0 Å². The maximum atomic E-state index is 3.37. The van der Waals surface area contributed by atoms with Crippen molar-refractivity contribution in [3.05, 3.63) is 82.6 Å². The summed E-state index contributed by atoms with van der Waals surface area (Å²) in [5.41, 5.74) is 8.54. The Morgan fingerprint density at radius 3 is 2.00 bits per heavy atom. The third kappa shape index (κ3) is 8.73. The van der Waals surface area contributed by atoms with Crippen LogP contribution in [0.25, 0.3) is 10.9 Å². The molecule has 1 heterocycles.